The summed E-state index contributed by atoms with van der Waals surface area (Å²) < 4.78 is 22.6. The second kappa shape index (κ2) is 12.6. The molecule has 9 nitrogen and oxygen atoms in total. The zero-order valence-corrected chi connectivity index (χ0v) is 23.7. The number of hydrogen-bond donors (Lipinski definition) is 1. The van der Waals surface area contributed by atoms with Gasteiger partial charge in [0.2, 0.25) is 5.91 Å². The van der Waals surface area contributed by atoms with E-state index in [1.54, 1.807) is 27.2 Å². The van der Waals surface area contributed by atoms with Crippen LogP contribution in [0.5, 0.6) is 11.5 Å². The van der Waals surface area contributed by atoms with Crippen molar-refractivity contribution in [1.82, 2.24) is 10.2 Å². The molecule has 3 aliphatic rings. The molecule has 1 saturated heterocycles. The lowest BCUT2D eigenvalue weighted by Gasteiger charge is -2.37. The third-order valence-electron chi connectivity index (χ3n) is 6.98. The Kier molecular flexibility index (Phi) is 8.76. The minimum absolute atomic E-state index is 0.0450. The highest BCUT2D eigenvalue weighted by Crippen LogP contribution is 2.49. The third kappa shape index (κ3) is 5.73. The Bertz CT molecular complexity index is 1350. The molecule has 3 heterocycles. The van der Waals surface area contributed by atoms with Gasteiger partial charge in [0.15, 0.2) is 5.17 Å². The Hall–Kier alpha value is -3.76. The van der Waals surface area contributed by atoms with Crippen LogP contribution in [-0.2, 0) is 19.1 Å². The number of benzene rings is 2. The van der Waals surface area contributed by atoms with E-state index < -0.39 is 12.0 Å². The van der Waals surface area contributed by atoms with Crippen LogP contribution in [0.1, 0.15) is 43.4 Å². The average molecular weight is 564 g/mol. The standard InChI is InChI=1S/C30H33N3O6S/c1-4-38-29(35)26-27(19-9-6-5-7-10-19)32-30-33(28(26)23-16-21(36-2)12-13-24(23)37-3)20(18-40-30)15-25(34)31-17-22-11-8-14-39-22/h5-7,9-10,12-13,16,18,22,28H,4,8,11,14-15,17H2,1-3H3,(H,31,34). The van der Waals surface area contributed by atoms with E-state index in [1.807, 2.05) is 52.8 Å². The molecule has 1 fully saturated rings. The fraction of sp³-hybridized carbons (Fsp3) is 0.367. The predicted octanol–water partition coefficient (Wildman–Crippen LogP) is 4.66. The molecule has 0 aromatic heterocycles. The monoisotopic (exact) mass is 563 g/mol. The quantitative estimate of drug-likeness (QED) is 0.417. The first-order chi connectivity index (χ1) is 19.5. The summed E-state index contributed by atoms with van der Waals surface area (Å²) >= 11 is 1.42. The topological polar surface area (TPSA) is 98.7 Å². The molecule has 0 aliphatic carbocycles. The maximum atomic E-state index is 13.7. The normalized spacial score (nSPS) is 20.0. The maximum absolute atomic E-state index is 13.7. The zero-order chi connectivity index (χ0) is 28.1. The summed E-state index contributed by atoms with van der Waals surface area (Å²) in [5.41, 5.74) is 3.07. The van der Waals surface area contributed by atoms with Crippen molar-refractivity contribution in [2.45, 2.75) is 38.3 Å². The number of carbonyl (C=O) groups is 2. The lowest BCUT2D eigenvalue weighted by atomic mass is 9.90. The minimum atomic E-state index is -0.681. The van der Waals surface area contributed by atoms with Gasteiger partial charge in [0, 0.05) is 30.0 Å². The summed E-state index contributed by atoms with van der Waals surface area (Å²) in [5.74, 6) is 0.560. The molecule has 2 aromatic rings. The summed E-state index contributed by atoms with van der Waals surface area (Å²) in [6, 6.07) is 14.3. The molecule has 3 aliphatic heterocycles. The number of methoxy groups -OCH3 is 2. The number of hydrogen-bond acceptors (Lipinski definition) is 9. The fourth-order valence-electron chi connectivity index (χ4n) is 5.10. The van der Waals surface area contributed by atoms with E-state index in [0.717, 1.165) is 30.7 Å². The number of ether oxygens (including phenoxy) is 4. The number of nitrogens with zero attached hydrogens (tertiary/aromatic N) is 2. The summed E-state index contributed by atoms with van der Waals surface area (Å²) in [4.78, 5) is 33.7. The molecule has 0 bridgehead atoms. The van der Waals surface area contributed by atoms with E-state index in [0.29, 0.717) is 40.0 Å². The van der Waals surface area contributed by atoms with Crippen molar-refractivity contribution in [3.8, 4) is 11.5 Å². The number of fused-ring (bicyclic) bond motifs is 1. The van der Waals surface area contributed by atoms with E-state index in [1.165, 1.54) is 11.8 Å². The van der Waals surface area contributed by atoms with Crippen molar-refractivity contribution >= 4 is 34.5 Å². The largest absolute Gasteiger partial charge is 0.497 e. The lowest BCUT2D eigenvalue weighted by molar-refractivity contribution is -0.139. The molecule has 210 valence electrons. The van der Waals surface area contributed by atoms with Crippen LogP contribution >= 0.6 is 11.8 Å². The van der Waals surface area contributed by atoms with Gasteiger partial charge in [0.25, 0.3) is 0 Å². The van der Waals surface area contributed by atoms with Gasteiger partial charge in [-0.15, -0.1) is 0 Å². The Balaban J connectivity index is 1.59. The van der Waals surface area contributed by atoms with E-state index in [9.17, 15) is 9.59 Å². The van der Waals surface area contributed by atoms with Gasteiger partial charge in [0.05, 0.1) is 50.7 Å². The van der Waals surface area contributed by atoms with E-state index in [-0.39, 0.29) is 25.0 Å². The number of esters is 1. The molecular formula is C30H33N3O6S. The van der Waals surface area contributed by atoms with E-state index in [2.05, 4.69) is 5.32 Å². The molecule has 2 aromatic carbocycles. The maximum Gasteiger partial charge on any atom is 0.338 e. The highest BCUT2D eigenvalue weighted by molar-refractivity contribution is 8.16. The molecule has 2 unspecified atom stereocenters. The Morgan fingerprint density at radius 1 is 1.15 bits per heavy atom. The van der Waals surface area contributed by atoms with Gasteiger partial charge in [-0.1, -0.05) is 42.1 Å². The summed E-state index contributed by atoms with van der Waals surface area (Å²) in [6.45, 7) is 3.17. The van der Waals surface area contributed by atoms with Crippen LogP contribution in [-0.4, -0.2) is 62.0 Å². The number of rotatable bonds is 10. The number of amides is 1. The molecule has 0 spiro atoms. The smallest absolute Gasteiger partial charge is 0.338 e. The second-order valence-corrected chi connectivity index (χ2v) is 10.3. The molecule has 2 atom stereocenters. The van der Waals surface area contributed by atoms with Gasteiger partial charge in [-0.3, -0.25) is 4.79 Å². The predicted molar refractivity (Wildman–Crippen MR) is 154 cm³/mol. The molecule has 40 heavy (non-hydrogen) atoms. The Morgan fingerprint density at radius 3 is 2.67 bits per heavy atom. The highest BCUT2D eigenvalue weighted by atomic mass is 32.2. The van der Waals surface area contributed by atoms with Crippen LogP contribution in [0.3, 0.4) is 0 Å². The number of nitrogens with one attached hydrogen (secondary N) is 1. The number of thioether (sulfide) groups is 1. The van der Waals surface area contributed by atoms with Gasteiger partial charge in [0.1, 0.15) is 11.5 Å². The minimum Gasteiger partial charge on any atom is -0.497 e. The Morgan fingerprint density at radius 2 is 1.98 bits per heavy atom. The van der Waals surface area contributed by atoms with Gasteiger partial charge < -0.3 is 29.2 Å². The van der Waals surface area contributed by atoms with Crippen molar-refractivity contribution in [1.29, 1.82) is 0 Å². The summed E-state index contributed by atoms with van der Waals surface area (Å²) in [6.07, 6.45) is 2.10. The third-order valence-corrected chi connectivity index (χ3v) is 7.87. The Labute approximate surface area is 238 Å². The van der Waals surface area contributed by atoms with Gasteiger partial charge in [-0.05, 0) is 43.4 Å². The first kappa shape index (κ1) is 27.8. The van der Waals surface area contributed by atoms with Crippen molar-refractivity contribution in [3.63, 3.8) is 0 Å². The number of carbonyl (C=O) groups excluding carboxylic acids is 2. The van der Waals surface area contributed by atoms with Crippen molar-refractivity contribution in [3.05, 3.63) is 76.3 Å². The van der Waals surface area contributed by atoms with Crippen LogP contribution in [0.15, 0.2) is 70.2 Å². The summed E-state index contributed by atoms with van der Waals surface area (Å²) in [5, 5.41) is 5.58. The zero-order valence-electron chi connectivity index (χ0n) is 22.8. The highest BCUT2D eigenvalue weighted by Gasteiger charge is 2.43. The average Bonchev–Trinajstić information content (AvgIpc) is 3.65. The fourth-order valence-corrected chi connectivity index (χ4v) is 6.01. The number of aliphatic imine (C=N–C) groups is 1. The summed E-state index contributed by atoms with van der Waals surface area (Å²) in [7, 11) is 3.18. The van der Waals surface area contributed by atoms with Crippen LogP contribution in [0.2, 0.25) is 0 Å². The van der Waals surface area contributed by atoms with Crippen LogP contribution in [0.25, 0.3) is 5.70 Å². The molecule has 0 saturated carbocycles. The molecule has 1 N–H and O–H groups in total. The molecular weight excluding hydrogens is 530 g/mol. The van der Waals surface area contributed by atoms with Crippen LogP contribution in [0.4, 0.5) is 0 Å². The van der Waals surface area contributed by atoms with Gasteiger partial charge >= 0.3 is 5.97 Å². The van der Waals surface area contributed by atoms with E-state index in [4.69, 9.17) is 23.9 Å². The van der Waals surface area contributed by atoms with Crippen molar-refractivity contribution in [2.75, 3.05) is 34.0 Å². The lowest BCUT2D eigenvalue weighted by Crippen LogP contribution is -2.39. The first-order valence-corrected chi connectivity index (χ1v) is 14.2. The van der Waals surface area contributed by atoms with Crippen molar-refractivity contribution in [2.24, 2.45) is 4.99 Å². The van der Waals surface area contributed by atoms with Crippen LogP contribution < -0.4 is 14.8 Å². The SMILES string of the molecule is CCOC(=O)C1=C(c2ccccc2)N=C2SC=C(CC(=O)NCC3CCCO3)N2C1c1cc(OC)ccc1OC. The number of amidine groups is 1. The van der Waals surface area contributed by atoms with E-state index >= 15 is 0 Å². The molecule has 5 rings (SSSR count). The molecule has 10 heteroatoms. The molecule has 0 radical (unpaired) electrons. The van der Waals surface area contributed by atoms with Gasteiger partial charge in [-0.2, -0.15) is 0 Å². The van der Waals surface area contributed by atoms with Crippen molar-refractivity contribution < 1.29 is 28.5 Å². The van der Waals surface area contributed by atoms with Crippen LogP contribution in [0, 0.1) is 0 Å². The molecule has 1 amide bonds. The van der Waals surface area contributed by atoms with Gasteiger partial charge in [-0.25, -0.2) is 9.79 Å². The second-order valence-electron chi connectivity index (χ2n) is 9.47. The first-order valence-electron chi connectivity index (χ1n) is 13.3.